The van der Waals surface area contributed by atoms with Gasteiger partial charge in [0.2, 0.25) is 5.91 Å². The molecule has 0 atom stereocenters. The van der Waals surface area contributed by atoms with Gasteiger partial charge in [-0.05, 0) is 18.2 Å². The number of aromatic nitrogens is 2. The van der Waals surface area contributed by atoms with Crippen LogP contribution in [0.5, 0.6) is 11.5 Å². The molecule has 0 bridgehead atoms. The Hall–Kier alpha value is -3.80. The molecule has 0 fully saturated rings. The van der Waals surface area contributed by atoms with Crippen molar-refractivity contribution in [3.63, 3.8) is 0 Å². The molecule has 0 aliphatic heterocycles. The number of nitrogens with two attached hydrogens (primary N) is 1. The maximum absolute atomic E-state index is 15.0. The standard InChI is InChI=1S/C21H19F4N3O5/c1-27-18(17-14(22)8-11(32-2)9-15(17)23)16(20(31)28(27)5-6-29)13-7-10(33-21(24)25)3-4-12(13)19(26)30/h3-4,7-9,21,29H,5-6H2,1-2H3,(H2,26,30). The van der Waals surface area contributed by atoms with E-state index in [2.05, 4.69) is 4.74 Å². The average molecular weight is 469 g/mol. The maximum Gasteiger partial charge on any atom is 0.387 e. The summed E-state index contributed by atoms with van der Waals surface area (Å²) < 4.78 is 66.8. The number of rotatable bonds is 8. The summed E-state index contributed by atoms with van der Waals surface area (Å²) in [6.07, 6.45) is 0. The van der Waals surface area contributed by atoms with Crippen molar-refractivity contribution in [2.24, 2.45) is 12.8 Å². The van der Waals surface area contributed by atoms with Crippen molar-refractivity contribution in [3.05, 3.63) is 57.9 Å². The summed E-state index contributed by atoms with van der Waals surface area (Å²) in [5.41, 5.74) is 2.64. The number of carbonyl (C=O) groups is 1. The zero-order chi connectivity index (χ0) is 24.4. The second kappa shape index (κ2) is 9.36. The van der Waals surface area contributed by atoms with Gasteiger partial charge in [-0.1, -0.05) is 0 Å². The van der Waals surface area contributed by atoms with Crippen molar-refractivity contribution in [3.8, 4) is 33.9 Å². The molecule has 33 heavy (non-hydrogen) atoms. The molecular weight excluding hydrogens is 450 g/mol. The molecule has 0 spiro atoms. The van der Waals surface area contributed by atoms with E-state index in [0.29, 0.717) is 0 Å². The van der Waals surface area contributed by atoms with E-state index in [9.17, 15) is 32.3 Å². The number of aliphatic hydroxyl groups is 1. The number of primary amides is 1. The summed E-state index contributed by atoms with van der Waals surface area (Å²) in [6, 6.07) is 4.83. The van der Waals surface area contributed by atoms with Gasteiger partial charge in [0.15, 0.2) is 0 Å². The number of alkyl halides is 2. The molecule has 0 saturated heterocycles. The highest BCUT2D eigenvalue weighted by molar-refractivity contribution is 6.02. The third-order valence-corrected chi connectivity index (χ3v) is 4.92. The minimum absolute atomic E-state index is 0.125. The van der Waals surface area contributed by atoms with Crippen LogP contribution in [0.2, 0.25) is 0 Å². The van der Waals surface area contributed by atoms with E-state index in [1.807, 2.05) is 0 Å². The fraction of sp³-hybridized carbons (Fsp3) is 0.238. The molecule has 3 aromatic rings. The molecule has 1 amide bonds. The van der Waals surface area contributed by atoms with Crippen molar-refractivity contribution < 1.29 is 36.9 Å². The van der Waals surface area contributed by atoms with Gasteiger partial charge in [0.25, 0.3) is 5.56 Å². The van der Waals surface area contributed by atoms with E-state index in [-0.39, 0.29) is 29.1 Å². The van der Waals surface area contributed by atoms with E-state index in [4.69, 9.17) is 10.5 Å². The number of aliphatic hydroxyl groups excluding tert-OH is 1. The summed E-state index contributed by atoms with van der Waals surface area (Å²) in [4.78, 5) is 25.3. The molecule has 3 rings (SSSR count). The Morgan fingerprint density at radius 2 is 1.76 bits per heavy atom. The number of methoxy groups -OCH3 is 1. The van der Waals surface area contributed by atoms with Gasteiger partial charge in [0.1, 0.15) is 23.1 Å². The summed E-state index contributed by atoms with van der Waals surface area (Å²) in [5, 5.41) is 9.36. The summed E-state index contributed by atoms with van der Waals surface area (Å²) >= 11 is 0. The number of carbonyl (C=O) groups excluding carboxylic acids is 1. The number of hydrogen-bond acceptors (Lipinski definition) is 5. The highest BCUT2D eigenvalue weighted by Gasteiger charge is 2.29. The summed E-state index contributed by atoms with van der Waals surface area (Å²) in [5.74, 6) is -3.74. The molecule has 8 nitrogen and oxygen atoms in total. The lowest BCUT2D eigenvalue weighted by Gasteiger charge is -2.14. The van der Waals surface area contributed by atoms with E-state index in [1.165, 1.54) is 14.2 Å². The van der Waals surface area contributed by atoms with Crippen molar-refractivity contribution in [1.82, 2.24) is 9.36 Å². The molecule has 0 aliphatic rings. The van der Waals surface area contributed by atoms with Crippen molar-refractivity contribution in [2.75, 3.05) is 13.7 Å². The van der Waals surface area contributed by atoms with E-state index in [0.717, 1.165) is 39.7 Å². The van der Waals surface area contributed by atoms with Crippen LogP contribution in [0.15, 0.2) is 35.1 Å². The van der Waals surface area contributed by atoms with E-state index >= 15 is 0 Å². The Kier molecular flexibility index (Phi) is 6.77. The normalized spacial score (nSPS) is 11.2. The first-order chi connectivity index (χ1) is 15.6. The third kappa shape index (κ3) is 4.42. The Morgan fingerprint density at radius 1 is 1.12 bits per heavy atom. The lowest BCUT2D eigenvalue weighted by Crippen LogP contribution is -2.24. The fourth-order valence-corrected chi connectivity index (χ4v) is 3.54. The van der Waals surface area contributed by atoms with Gasteiger partial charge in [-0.25, -0.2) is 13.5 Å². The number of nitrogens with zero attached hydrogens (tertiary/aromatic N) is 2. The Bertz CT molecular complexity index is 1250. The molecule has 12 heteroatoms. The topological polar surface area (TPSA) is 109 Å². The predicted molar refractivity (Wildman–Crippen MR) is 109 cm³/mol. The molecule has 0 saturated carbocycles. The van der Waals surface area contributed by atoms with Gasteiger partial charge in [0.05, 0.1) is 37.1 Å². The molecule has 176 valence electrons. The molecule has 0 unspecified atom stereocenters. The highest BCUT2D eigenvalue weighted by atomic mass is 19.3. The van der Waals surface area contributed by atoms with Crippen molar-refractivity contribution in [2.45, 2.75) is 13.2 Å². The lowest BCUT2D eigenvalue weighted by molar-refractivity contribution is -0.0498. The van der Waals surface area contributed by atoms with E-state index in [1.54, 1.807) is 0 Å². The Labute approximate surface area is 184 Å². The van der Waals surface area contributed by atoms with Gasteiger partial charge < -0.3 is 20.3 Å². The van der Waals surface area contributed by atoms with Crippen LogP contribution in [0.1, 0.15) is 10.4 Å². The quantitative estimate of drug-likeness (QED) is 0.493. The van der Waals surface area contributed by atoms with Crippen LogP contribution in [0.3, 0.4) is 0 Å². The zero-order valence-electron chi connectivity index (χ0n) is 17.4. The van der Waals surface area contributed by atoms with Crippen LogP contribution < -0.4 is 20.8 Å². The molecule has 1 aromatic heterocycles. The van der Waals surface area contributed by atoms with Crippen molar-refractivity contribution in [1.29, 1.82) is 0 Å². The maximum atomic E-state index is 15.0. The number of halogens is 4. The van der Waals surface area contributed by atoms with Gasteiger partial charge in [-0.2, -0.15) is 8.78 Å². The average Bonchev–Trinajstić information content (AvgIpc) is 2.97. The first-order valence-electron chi connectivity index (χ1n) is 9.43. The largest absolute Gasteiger partial charge is 0.497 e. The van der Waals surface area contributed by atoms with Crippen LogP contribution in [0.4, 0.5) is 17.6 Å². The van der Waals surface area contributed by atoms with Gasteiger partial charge in [0, 0.05) is 30.3 Å². The first kappa shape index (κ1) is 23.9. The predicted octanol–water partition coefficient (Wildman–Crippen LogP) is 2.50. The second-order valence-electron chi connectivity index (χ2n) is 6.82. The van der Waals surface area contributed by atoms with Gasteiger partial charge in [-0.3, -0.25) is 14.3 Å². The van der Waals surface area contributed by atoms with Crippen LogP contribution in [0.25, 0.3) is 22.4 Å². The van der Waals surface area contributed by atoms with Crippen molar-refractivity contribution >= 4 is 5.91 Å². The van der Waals surface area contributed by atoms with Gasteiger partial charge in [-0.15, -0.1) is 0 Å². The minimum Gasteiger partial charge on any atom is -0.497 e. The molecule has 0 aliphatic carbocycles. The molecular formula is C21H19F4N3O5. The zero-order valence-corrected chi connectivity index (χ0v) is 17.4. The Morgan fingerprint density at radius 3 is 2.27 bits per heavy atom. The minimum atomic E-state index is -3.21. The van der Waals surface area contributed by atoms with Gasteiger partial charge >= 0.3 is 6.61 Å². The monoisotopic (exact) mass is 469 g/mol. The number of benzene rings is 2. The number of hydrogen-bond donors (Lipinski definition) is 2. The SMILES string of the molecule is COc1cc(F)c(-c2c(-c3cc(OC(F)F)ccc3C(N)=O)c(=O)n(CCO)n2C)c(F)c1. The summed E-state index contributed by atoms with van der Waals surface area (Å²) in [6.45, 7) is -3.97. The number of amides is 1. The summed E-state index contributed by atoms with van der Waals surface area (Å²) in [7, 11) is 2.52. The smallest absolute Gasteiger partial charge is 0.387 e. The molecule has 3 N–H and O–H groups in total. The van der Waals surface area contributed by atoms with Crippen LogP contribution in [0, 0.1) is 11.6 Å². The van der Waals surface area contributed by atoms with Crippen LogP contribution in [-0.2, 0) is 13.6 Å². The fourth-order valence-electron chi connectivity index (χ4n) is 3.54. The van der Waals surface area contributed by atoms with Crippen LogP contribution in [-0.4, -0.2) is 40.7 Å². The Balaban J connectivity index is 2.45. The first-order valence-corrected chi connectivity index (χ1v) is 9.43. The third-order valence-electron chi connectivity index (χ3n) is 4.92. The number of ether oxygens (including phenoxy) is 2. The highest BCUT2D eigenvalue weighted by Crippen LogP contribution is 2.38. The molecule has 0 radical (unpaired) electrons. The molecule has 1 heterocycles. The van der Waals surface area contributed by atoms with Crippen LogP contribution >= 0.6 is 0 Å². The molecule has 2 aromatic carbocycles. The van der Waals surface area contributed by atoms with E-state index < -0.39 is 53.2 Å². The second-order valence-corrected chi connectivity index (χ2v) is 6.82. The lowest BCUT2D eigenvalue weighted by atomic mass is 9.95.